The van der Waals surface area contributed by atoms with E-state index < -0.39 is 0 Å². The first-order valence-electron chi connectivity index (χ1n) is 23.2. The molecule has 0 fully saturated rings. The molecule has 10 aromatic carbocycles. The van der Waals surface area contributed by atoms with Gasteiger partial charge in [0.15, 0.2) is 0 Å². The Morgan fingerprint density at radius 1 is 0.301 bits per heavy atom. The van der Waals surface area contributed by atoms with Crippen LogP contribution in [0.15, 0.2) is 162 Å². The molecular formula is C58H26B13NO. The van der Waals surface area contributed by atoms with Crippen molar-refractivity contribution in [3.63, 3.8) is 0 Å². The Balaban J connectivity index is 1.08. The molecule has 0 bridgehead atoms. The molecule has 0 spiro atoms. The molecule has 1 aromatic heterocycles. The molecule has 0 aliphatic heterocycles. The molecule has 26 radical (unpaired) electrons. The Morgan fingerprint density at radius 3 is 1.30 bits per heavy atom. The summed E-state index contributed by atoms with van der Waals surface area (Å²) >= 11 is 0. The van der Waals surface area contributed by atoms with Gasteiger partial charge in [-0.3, -0.25) is 0 Å². The van der Waals surface area contributed by atoms with Crippen LogP contribution < -0.4 is 75.9 Å². The number of anilines is 3. The quantitative estimate of drug-likeness (QED) is 0.211. The first-order valence-corrected chi connectivity index (χ1v) is 23.2. The molecule has 0 saturated carbocycles. The summed E-state index contributed by atoms with van der Waals surface area (Å²) in [6.45, 7) is 0. The van der Waals surface area contributed by atoms with E-state index in [1.54, 1.807) is 0 Å². The Morgan fingerprint density at radius 2 is 0.740 bits per heavy atom. The number of hydrogen-bond donors (Lipinski definition) is 0. The van der Waals surface area contributed by atoms with Crippen molar-refractivity contribution in [2.24, 2.45) is 0 Å². The summed E-state index contributed by atoms with van der Waals surface area (Å²) in [6, 6.07) is 53.2. The van der Waals surface area contributed by atoms with E-state index in [0.717, 1.165) is 66.1 Å². The van der Waals surface area contributed by atoms with Crippen molar-refractivity contribution in [3.05, 3.63) is 158 Å². The van der Waals surface area contributed by atoms with Crippen LogP contribution in [0.5, 0.6) is 0 Å². The van der Waals surface area contributed by atoms with Gasteiger partial charge in [0.1, 0.15) is 113 Å². The van der Waals surface area contributed by atoms with Gasteiger partial charge < -0.3 is 9.32 Å². The molecule has 11 rings (SSSR count). The lowest BCUT2D eigenvalue weighted by Gasteiger charge is -2.34. The number of hydrogen-bond acceptors (Lipinski definition) is 2. The van der Waals surface area contributed by atoms with Gasteiger partial charge >= 0.3 is 0 Å². The van der Waals surface area contributed by atoms with E-state index in [2.05, 4.69) is 78.9 Å². The number of benzene rings is 10. The first-order chi connectivity index (χ1) is 35.2. The van der Waals surface area contributed by atoms with E-state index >= 15 is 0 Å². The molecule has 0 aliphatic rings. The van der Waals surface area contributed by atoms with Crippen molar-refractivity contribution < 1.29 is 4.42 Å². The molecule has 0 atom stereocenters. The van der Waals surface area contributed by atoms with Crippen LogP contribution in [-0.2, 0) is 0 Å². The van der Waals surface area contributed by atoms with Gasteiger partial charge in [-0.1, -0.05) is 176 Å². The highest BCUT2D eigenvalue weighted by atomic mass is 16.3. The monoisotopic (exact) mass is 895 g/mol. The van der Waals surface area contributed by atoms with E-state index in [1.807, 2.05) is 83.8 Å². The summed E-state index contributed by atoms with van der Waals surface area (Å²) < 4.78 is 6.58. The third kappa shape index (κ3) is 7.85. The molecule has 308 valence electrons. The second kappa shape index (κ2) is 18.7. The average Bonchev–Trinajstić information content (AvgIpc) is 3.82. The number of fused-ring (bicyclic) bond motifs is 5. The van der Waals surface area contributed by atoms with Crippen molar-refractivity contribution in [2.75, 3.05) is 4.90 Å². The second-order valence-electron chi connectivity index (χ2n) is 18.0. The van der Waals surface area contributed by atoms with Gasteiger partial charge in [-0.2, -0.15) is 0 Å². The molecule has 0 N–H and O–H groups in total. The van der Waals surface area contributed by atoms with Crippen LogP contribution in [0.1, 0.15) is 0 Å². The van der Waals surface area contributed by atoms with Crippen molar-refractivity contribution in [3.8, 4) is 55.6 Å². The molecular weight excluding hydrogens is 867 g/mol. The summed E-state index contributed by atoms with van der Waals surface area (Å²) in [5.74, 6) is 0. The summed E-state index contributed by atoms with van der Waals surface area (Å²) in [5.41, 5.74) is 9.57. The molecule has 0 saturated heterocycles. The van der Waals surface area contributed by atoms with Gasteiger partial charge in [-0.25, -0.2) is 0 Å². The molecule has 0 amide bonds. The SMILES string of the molecule is [B]c1c([B])c([B])c(-c2c([B])c([B])c(-c3c([B])c([B])c(N(c4ccc(-c5ccc(-c6ccccc6)cc5)cc4)c4cccc(-c5cccc6oc7c8ccccc8ccc7c56)c4)c([B])c3[B])c([B])c2[B])c([B])c1[B]. The maximum atomic E-state index is 7.22. The molecule has 2 nitrogen and oxygen atoms in total. The largest absolute Gasteiger partial charge is 0.455 e. The third-order valence-electron chi connectivity index (χ3n) is 14.0. The normalized spacial score (nSPS) is 11.5. The van der Waals surface area contributed by atoms with Crippen LogP contribution in [-0.4, -0.2) is 102 Å². The van der Waals surface area contributed by atoms with E-state index in [-0.39, 0.29) is 93.3 Å². The smallest absolute Gasteiger partial charge is 0.143 e. The molecule has 73 heavy (non-hydrogen) atoms. The molecule has 0 unspecified atom stereocenters. The Bertz CT molecular complexity index is 3980. The molecule has 15 heteroatoms. The predicted molar refractivity (Wildman–Crippen MR) is 323 cm³/mol. The zero-order chi connectivity index (χ0) is 51.1. The standard InChI is InChI=1S/C58H26B13NO/c59-44-40(42-48(63)52(67)54(69)53(68)49(42)64)45(60)47(62)41(46(44)61)43-50(65)55(70)57(56(71)51(43)66)72(33-23-20-30(21-24-33)29-18-16-28(17-19-29)27-8-2-1-3-9-27)34-12-6-11-32(26-34)35-14-7-15-38-39(35)37-25-22-31-10-4-5-13-36(31)58(37)73-38/h1-26H. The van der Waals surface area contributed by atoms with Gasteiger partial charge in [-0.05, 0) is 97.4 Å². The highest BCUT2D eigenvalue weighted by Crippen LogP contribution is 2.42. The van der Waals surface area contributed by atoms with E-state index in [9.17, 15) is 0 Å². The maximum Gasteiger partial charge on any atom is 0.143 e. The van der Waals surface area contributed by atoms with Crippen LogP contribution in [0.3, 0.4) is 0 Å². The summed E-state index contributed by atoms with van der Waals surface area (Å²) in [6.07, 6.45) is 0. The van der Waals surface area contributed by atoms with Crippen LogP contribution in [0.2, 0.25) is 0 Å². The fourth-order valence-corrected chi connectivity index (χ4v) is 10.1. The highest BCUT2D eigenvalue weighted by Gasteiger charge is 2.26. The number of furan rings is 1. The average molecular weight is 893 g/mol. The summed E-state index contributed by atoms with van der Waals surface area (Å²) in [5, 5.41) is 4.07. The van der Waals surface area contributed by atoms with Crippen molar-refractivity contribution in [2.45, 2.75) is 0 Å². The lowest BCUT2D eigenvalue weighted by Crippen LogP contribution is -2.57. The van der Waals surface area contributed by atoms with Gasteiger partial charge in [0.05, 0.1) is 0 Å². The van der Waals surface area contributed by atoms with E-state index in [0.29, 0.717) is 17.1 Å². The molecule has 1 heterocycles. The van der Waals surface area contributed by atoms with Crippen molar-refractivity contribution in [1.29, 1.82) is 0 Å². The van der Waals surface area contributed by atoms with Gasteiger partial charge in [0.25, 0.3) is 0 Å². The minimum atomic E-state index is -0.0645. The minimum absolute atomic E-state index is 0.00311. The lowest BCUT2D eigenvalue weighted by molar-refractivity contribution is 0.673. The topological polar surface area (TPSA) is 16.4 Å². The predicted octanol–water partition coefficient (Wildman–Crippen LogP) is 0.863. The van der Waals surface area contributed by atoms with Crippen molar-refractivity contribution in [1.82, 2.24) is 0 Å². The zero-order valence-electron chi connectivity index (χ0n) is 39.4. The highest BCUT2D eigenvalue weighted by molar-refractivity contribution is 6.72. The van der Waals surface area contributed by atoms with Crippen molar-refractivity contribution >= 4 is 223 Å². The van der Waals surface area contributed by atoms with Crippen LogP contribution in [0.4, 0.5) is 17.1 Å². The third-order valence-corrected chi connectivity index (χ3v) is 14.0. The lowest BCUT2D eigenvalue weighted by atomic mass is 9.55. The zero-order valence-corrected chi connectivity index (χ0v) is 39.4. The molecule has 11 aromatic rings. The Labute approximate surface area is 442 Å². The van der Waals surface area contributed by atoms with Crippen LogP contribution >= 0.6 is 0 Å². The van der Waals surface area contributed by atoms with Gasteiger partial charge in [-0.15, -0.1) is 16.4 Å². The number of rotatable bonds is 8. The van der Waals surface area contributed by atoms with Gasteiger partial charge in [0, 0.05) is 33.2 Å². The Kier molecular flexibility index (Phi) is 12.4. The second-order valence-corrected chi connectivity index (χ2v) is 18.0. The van der Waals surface area contributed by atoms with Crippen LogP contribution in [0.25, 0.3) is 88.3 Å². The van der Waals surface area contributed by atoms with Crippen LogP contribution in [0, 0.1) is 0 Å². The van der Waals surface area contributed by atoms with E-state index in [4.69, 9.17) is 106 Å². The molecule has 0 aliphatic carbocycles. The maximum absolute atomic E-state index is 7.22. The number of nitrogens with zero attached hydrogens (tertiary/aromatic N) is 1. The Hall–Kier alpha value is -7.10. The fourth-order valence-electron chi connectivity index (χ4n) is 10.1. The fraction of sp³-hybridized carbons (Fsp3) is 0. The first kappa shape index (κ1) is 48.2. The summed E-state index contributed by atoms with van der Waals surface area (Å²) in [7, 11) is 87.5. The van der Waals surface area contributed by atoms with Gasteiger partial charge in [0.2, 0.25) is 0 Å². The summed E-state index contributed by atoms with van der Waals surface area (Å²) in [4.78, 5) is 1.92. The minimum Gasteiger partial charge on any atom is -0.455 e. The van der Waals surface area contributed by atoms with E-state index in [1.165, 1.54) is 0 Å².